The summed E-state index contributed by atoms with van der Waals surface area (Å²) in [5.74, 6) is -0.935. The van der Waals surface area contributed by atoms with Crippen LogP contribution in [0.1, 0.15) is 6.92 Å². The Kier molecular flexibility index (Phi) is 7.94. The van der Waals surface area contributed by atoms with Crippen molar-refractivity contribution in [2.45, 2.75) is 6.92 Å². The lowest BCUT2D eigenvalue weighted by atomic mass is 10.4. The summed E-state index contributed by atoms with van der Waals surface area (Å²) in [5, 5.41) is 22.4. The van der Waals surface area contributed by atoms with Crippen LogP contribution in [0.15, 0.2) is 12.2 Å². The maximum atomic E-state index is 9.60. The van der Waals surface area contributed by atoms with Crippen LogP contribution < -0.4 is 0 Å². The fraction of sp³-hybridized carbons (Fsp3) is 0.167. The van der Waals surface area contributed by atoms with E-state index in [4.69, 9.17) is 15.6 Å². The molecule has 0 aliphatic carbocycles. The summed E-state index contributed by atoms with van der Waals surface area (Å²) in [6, 6.07) is 2.47. The van der Waals surface area contributed by atoms with Gasteiger partial charge in [0.05, 0.1) is 0 Å². The molecule has 4 nitrogen and oxygen atoms in total. The van der Waals surface area contributed by atoms with Crippen LogP contribution in [0.3, 0.4) is 0 Å². The number of nitriles is 2. The lowest BCUT2D eigenvalue weighted by Gasteiger charge is -1.79. The van der Waals surface area contributed by atoms with Crippen molar-refractivity contribution in [2.24, 2.45) is 0 Å². The quantitative estimate of drug-likeness (QED) is 0.540. The van der Waals surface area contributed by atoms with Gasteiger partial charge in [0, 0.05) is 5.57 Å². The summed E-state index contributed by atoms with van der Waals surface area (Å²) in [4.78, 5) is 9.60. The molecule has 0 radical (unpaired) electrons. The summed E-state index contributed by atoms with van der Waals surface area (Å²) in [5.41, 5.74) is 0.176. The van der Waals surface area contributed by atoms with Crippen molar-refractivity contribution in [3.63, 3.8) is 0 Å². The summed E-state index contributed by atoms with van der Waals surface area (Å²) < 4.78 is 0. The summed E-state index contributed by atoms with van der Waals surface area (Å²) in [6.07, 6.45) is 0. The van der Waals surface area contributed by atoms with Crippen molar-refractivity contribution >= 4 is 5.97 Å². The van der Waals surface area contributed by atoms with Crippen molar-refractivity contribution in [1.29, 1.82) is 10.5 Å². The van der Waals surface area contributed by atoms with Crippen molar-refractivity contribution in [2.75, 3.05) is 0 Å². The van der Waals surface area contributed by atoms with Crippen LogP contribution in [0.25, 0.3) is 0 Å². The molecule has 52 valence electrons. The third-order valence-electron chi connectivity index (χ3n) is 0.415. The molecule has 0 aliphatic rings. The molecule has 10 heavy (non-hydrogen) atoms. The van der Waals surface area contributed by atoms with Gasteiger partial charge < -0.3 is 5.11 Å². The molecule has 0 spiro atoms. The van der Waals surface area contributed by atoms with E-state index in [1.165, 1.54) is 19.1 Å². The molecule has 4 heteroatoms. The van der Waals surface area contributed by atoms with E-state index in [2.05, 4.69) is 6.58 Å². The van der Waals surface area contributed by atoms with E-state index in [1.807, 2.05) is 0 Å². The van der Waals surface area contributed by atoms with Gasteiger partial charge in [0.25, 0.3) is 0 Å². The van der Waals surface area contributed by atoms with E-state index in [0.29, 0.717) is 0 Å². The maximum absolute atomic E-state index is 9.60. The number of hydrogen-bond donors (Lipinski definition) is 1. The predicted molar refractivity (Wildman–Crippen MR) is 33.7 cm³/mol. The van der Waals surface area contributed by atoms with Gasteiger partial charge in [-0.2, -0.15) is 10.5 Å². The molecule has 0 aromatic carbocycles. The zero-order chi connectivity index (χ0) is 8.57. The third-order valence-corrected chi connectivity index (χ3v) is 0.415. The van der Waals surface area contributed by atoms with Crippen molar-refractivity contribution in [3.05, 3.63) is 12.2 Å². The molecule has 0 unspecified atom stereocenters. The smallest absolute Gasteiger partial charge is 0.330 e. The zero-order valence-electron chi connectivity index (χ0n) is 5.46. The second-order valence-corrected chi connectivity index (χ2v) is 1.31. The Balaban J connectivity index is 0. The number of carboxylic acid groups (broad SMARTS) is 1. The molecule has 0 aliphatic heterocycles. The minimum absolute atomic E-state index is 0.176. The Morgan fingerprint density at radius 3 is 1.70 bits per heavy atom. The zero-order valence-corrected chi connectivity index (χ0v) is 5.46. The number of nitrogens with zero attached hydrogens (tertiary/aromatic N) is 2. The number of carbonyl (C=O) groups is 1. The summed E-state index contributed by atoms with van der Waals surface area (Å²) in [7, 11) is 0. The molecule has 0 aromatic rings. The highest BCUT2D eigenvalue weighted by atomic mass is 16.4. The number of hydrogen-bond acceptors (Lipinski definition) is 3. The van der Waals surface area contributed by atoms with E-state index in [-0.39, 0.29) is 5.57 Å². The van der Waals surface area contributed by atoms with Crippen molar-refractivity contribution in [3.8, 4) is 12.1 Å². The molecule has 0 atom stereocenters. The Morgan fingerprint density at radius 2 is 1.70 bits per heavy atom. The molecule has 0 saturated heterocycles. The van der Waals surface area contributed by atoms with Gasteiger partial charge >= 0.3 is 5.97 Å². The Hall–Kier alpha value is -1.81. The molecule has 0 saturated carbocycles. The van der Waals surface area contributed by atoms with Gasteiger partial charge in [0.15, 0.2) is 12.1 Å². The van der Waals surface area contributed by atoms with Crippen molar-refractivity contribution in [1.82, 2.24) is 0 Å². The molecular weight excluding hydrogens is 132 g/mol. The molecule has 0 rings (SSSR count). The first-order valence-corrected chi connectivity index (χ1v) is 2.23. The number of carboxylic acids is 1. The second-order valence-electron chi connectivity index (χ2n) is 1.31. The van der Waals surface area contributed by atoms with Crippen LogP contribution >= 0.6 is 0 Å². The SMILES string of the molecule is C=C(C)C(=O)O.N#CC#N. The summed E-state index contributed by atoms with van der Waals surface area (Å²) in [6.45, 7) is 4.60. The van der Waals surface area contributed by atoms with Crippen LogP contribution in [0.4, 0.5) is 0 Å². The van der Waals surface area contributed by atoms with Gasteiger partial charge in [-0.3, -0.25) is 0 Å². The first-order chi connectivity index (χ1) is 4.56. The predicted octanol–water partition coefficient (Wildman–Crippen LogP) is 0.681. The van der Waals surface area contributed by atoms with Crippen LogP contribution in [-0.4, -0.2) is 11.1 Å². The highest BCUT2D eigenvalue weighted by Gasteiger charge is 1.90. The van der Waals surface area contributed by atoms with Gasteiger partial charge in [-0.25, -0.2) is 4.79 Å². The number of rotatable bonds is 1. The minimum Gasteiger partial charge on any atom is -0.478 e. The van der Waals surface area contributed by atoms with E-state index in [9.17, 15) is 4.79 Å². The van der Waals surface area contributed by atoms with Crippen LogP contribution in [0.5, 0.6) is 0 Å². The van der Waals surface area contributed by atoms with Gasteiger partial charge in [-0.15, -0.1) is 0 Å². The average molecular weight is 138 g/mol. The second kappa shape index (κ2) is 7.19. The van der Waals surface area contributed by atoms with Gasteiger partial charge in [0.2, 0.25) is 0 Å². The van der Waals surface area contributed by atoms with Gasteiger partial charge in [0.1, 0.15) is 0 Å². The topological polar surface area (TPSA) is 84.9 Å². The summed E-state index contributed by atoms with van der Waals surface area (Å²) >= 11 is 0. The van der Waals surface area contributed by atoms with Gasteiger partial charge in [-0.05, 0) is 6.92 Å². The van der Waals surface area contributed by atoms with Crippen LogP contribution in [0, 0.1) is 22.7 Å². The first kappa shape index (κ1) is 11.0. The fourth-order valence-electron chi connectivity index (χ4n) is 0. The number of aliphatic carboxylic acids is 1. The minimum atomic E-state index is -0.935. The van der Waals surface area contributed by atoms with Crippen molar-refractivity contribution < 1.29 is 9.90 Å². The van der Waals surface area contributed by atoms with E-state index in [1.54, 1.807) is 0 Å². The van der Waals surface area contributed by atoms with E-state index < -0.39 is 5.97 Å². The monoisotopic (exact) mass is 138 g/mol. The molecule has 1 N–H and O–H groups in total. The van der Waals surface area contributed by atoms with E-state index >= 15 is 0 Å². The lowest BCUT2D eigenvalue weighted by molar-refractivity contribution is -0.132. The molecule has 0 aromatic heterocycles. The standard InChI is InChI=1S/C4H6O2.C2N2/c1-3(2)4(5)6;3-1-2-4/h1H2,2H3,(H,5,6);. The third kappa shape index (κ3) is 16.4. The molecule has 0 amide bonds. The molecule has 0 fully saturated rings. The van der Waals surface area contributed by atoms with Crippen LogP contribution in [-0.2, 0) is 4.79 Å². The fourth-order valence-corrected chi connectivity index (χ4v) is 0. The normalized spacial score (nSPS) is 5.50. The van der Waals surface area contributed by atoms with Gasteiger partial charge in [-0.1, -0.05) is 6.58 Å². The average Bonchev–Trinajstić information content (AvgIpc) is 1.89. The Labute approximate surface area is 58.6 Å². The highest BCUT2D eigenvalue weighted by Crippen LogP contribution is 1.81. The molecule has 0 heterocycles. The maximum Gasteiger partial charge on any atom is 0.330 e. The highest BCUT2D eigenvalue weighted by molar-refractivity contribution is 5.84. The largest absolute Gasteiger partial charge is 0.478 e. The molecule has 0 bridgehead atoms. The Bertz CT molecular complexity index is 183. The molecular formula is C6H6N2O2. The Morgan fingerprint density at radius 1 is 1.50 bits per heavy atom. The lowest BCUT2D eigenvalue weighted by Crippen LogP contribution is -1.92. The van der Waals surface area contributed by atoms with E-state index in [0.717, 1.165) is 0 Å². The van der Waals surface area contributed by atoms with Crippen LogP contribution in [0.2, 0.25) is 0 Å². The first-order valence-electron chi connectivity index (χ1n) is 2.23.